The first-order valence-electron chi connectivity index (χ1n) is 5.70. The third-order valence-electron chi connectivity index (χ3n) is 2.76. The molecule has 4 heteroatoms. The van der Waals surface area contributed by atoms with Crippen LogP contribution in [0.15, 0.2) is 18.2 Å². The predicted molar refractivity (Wildman–Crippen MR) is 69.1 cm³/mol. The van der Waals surface area contributed by atoms with Crippen LogP contribution in [0.5, 0.6) is 5.75 Å². The van der Waals surface area contributed by atoms with E-state index < -0.39 is 0 Å². The Hall–Kier alpha value is -0.800. The van der Waals surface area contributed by atoms with E-state index in [1.807, 2.05) is 6.07 Å². The molecule has 0 spiro atoms. The van der Waals surface area contributed by atoms with Gasteiger partial charge in [-0.2, -0.15) is 0 Å². The van der Waals surface area contributed by atoms with Crippen molar-refractivity contribution in [3.63, 3.8) is 0 Å². The summed E-state index contributed by atoms with van der Waals surface area (Å²) in [6, 6.07) is 5.21. The van der Waals surface area contributed by atoms with Gasteiger partial charge in [0.1, 0.15) is 0 Å². The Balaban J connectivity index is 2.60. The van der Waals surface area contributed by atoms with Crippen molar-refractivity contribution < 1.29 is 9.13 Å². The molecule has 0 heterocycles. The van der Waals surface area contributed by atoms with Crippen LogP contribution in [0, 0.1) is 11.7 Å². The summed E-state index contributed by atoms with van der Waals surface area (Å²) in [5.41, 5.74) is 0.888. The van der Waals surface area contributed by atoms with Crippen LogP contribution in [-0.2, 0) is 6.54 Å². The first kappa shape index (κ1) is 14.3. The molecule has 1 unspecified atom stereocenters. The van der Waals surface area contributed by atoms with Crippen molar-refractivity contribution in [1.82, 2.24) is 5.32 Å². The van der Waals surface area contributed by atoms with Gasteiger partial charge in [0, 0.05) is 18.5 Å². The summed E-state index contributed by atoms with van der Waals surface area (Å²) < 4.78 is 18.3. The van der Waals surface area contributed by atoms with Gasteiger partial charge in [-0.3, -0.25) is 0 Å². The van der Waals surface area contributed by atoms with E-state index in [1.54, 1.807) is 6.07 Å². The molecule has 0 saturated heterocycles. The van der Waals surface area contributed by atoms with E-state index in [9.17, 15) is 4.39 Å². The lowest BCUT2D eigenvalue weighted by Crippen LogP contribution is -2.34. The molecule has 0 aliphatic rings. The Morgan fingerprint density at radius 3 is 2.59 bits per heavy atom. The molecular formula is C13H19ClFNO. The maximum absolute atomic E-state index is 13.4. The highest BCUT2D eigenvalue weighted by Gasteiger charge is 2.11. The van der Waals surface area contributed by atoms with Crippen molar-refractivity contribution in [2.75, 3.05) is 13.0 Å². The third-order valence-corrected chi connectivity index (χ3v) is 3.09. The molecule has 2 nitrogen and oxygen atoms in total. The number of hydrogen-bond acceptors (Lipinski definition) is 2. The van der Waals surface area contributed by atoms with Crippen LogP contribution < -0.4 is 10.1 Å². The van der Waals surface area contributed by atoms with Crippen molar-refractivity contribution in [3.8, 4) is 5.75 Å². The van der Waals surface area contributed by atoms with E-state index in [2.05, 4.69) is 19.2 Å². The summed E-state index contributed by atoms with van der Waals surface area (Å²) in [5, 5.41) is 3.31. The fourth-order valence-corrected chi connectivity index (χ4v) is 2.00. The minimum atomic E-state index is -0.334. The Bertz CT molecular complexity index is 357. The average molecular weight is 260 g/mol. The molecule has 0 aromatic heterocycles. The highest BCUT2D eigenvalue weighted by molar-refractivity contribution is 6.18. The fourth-order valence-electron chi connectivity index (χ4n) is 1.54. The van der Waals surface area contributed by atoms with Gasteiger partial charge in [0.05, 0.1) is 7.11 Å². The van der Waals surface area contributed by atoms with Crippen molar-refractivity contribution in [2.24, 2.45) is 5.92 Å². The largest absolute Gasteiger partial charge is 0.494 e. The molecule has 0 bridgehead atoms. The number of alkyl halides is 1. The first-order chi connectivity index (χ1) is 8.08. The van der Waals surface area contributed by atoms with Crippen LogP contribution in [-0.4, -0.2) is 19.0 Å². The number of halogens is 2. The van der Waals surface area contributed by atoms with Gasteiger partial charge >= 0.3 is 0 Å². The van der Waals surface area contributed by atoms with Crippen molar-refractivity contribution in [1.29, 1.82) is 0 Å². The second-order valence-electron chi connectivity index (χ2n) is 4.35. The van der Waals surface area contributed by atoms with Gasteiger partial charge in [-0.1, -0.05) is 19.9 Å². The highest BCUT2D eigenvalue weighted by atomic mass is 35.5. The smallest absolute Gasteiger partial charge is 0.165 e. The molecule has 96 valence electrons. The lowest BCUT2D eigenvalue weighted by Gasteiger charge is -2.19. The summed E-state index contributed by atoms with van der Waals surface area (Å²) >= 11 is 5.85. The summed E-state index contributed by atoms with van der Waals surface area (Å²) in [7, 11) is 1.46. The summed E-state index contributed by atoms with van der Waals surface area (Å²) in [5.74, 6) is 0.942. The first-order valence-corrected chi connectivity index (χ1v) is 6.23. The molecule has 0 fully saturated rings. The maximum Gasteiger partial charge on any atom is 0.165 e. The fraction of sp³-hybridized carbons (Fsp3) is 0.538. The molecule has 1 rings (SSSR count). The Morgan fingerprint density at radius 1 is 1.41 bits per heavy atom. The Labute approximate surface area is 107 Å². The summed E-state index contributed by atoms with van der Waals surface area (Å²) in [6.07, 6.45) is 0. The lowest BCUT2D eigenvalue weighted by atomic mass is 10.1. The molecule has 1 aromatic carbocycles. The summed E-state index contributed by atoms with van der Waals surface area (Å²) in [4.78, 5) is 0. The maximum atomic E-state index is 13.4. The number of rotatable bonds is 6. The molecule has 0 amide bonds. The van der Waals surface area contributed by atoms with Gasteiger partial charge in [0.25, 0.3) is 0 Å². The van der Waals surface area contributed by atoms with Gasteiger partial charge < -0.3 is 10.1 Å². The lowest BCUT2D eigenvalue weighted by molar-refractivity contribution is 0.385. The average Bonchev–Trinajstić information content (AvgIpc) is 2.29. The molecule has 0 radical (unpaired) electrons. The zero-order chi connectivity index (χ0) is 12.8. The van der Waals surface area contributed by atoms with Gasteiger partial charge in [0.2, 0.25) is 0 Å². The van der Waals surface area contributed by atoms with E-state index >= 15 is 0 Å². The number of methoxy groups -OCH3 is 1. The van der Waals surface area contributed by atoms with Gasteiger partial charge in [-0.05, 0) is 23.6 Å². The molecular weight excluding hydrogens is 241 g/mol. The van der Waals surface area contributed by atoms with Crippen molar-refractivity contribution in [2.45, 2.75) is 26.4 Å². The Kier molecular flexibility index (Phi) is 5.72. The van der Waals surface area contributed by atoms with Gasteiger partial charge in [-0.25, -0.2) is 4.39 Å². The van der Waals surface area contributed by atoms with Crippen molar-refractivity contribution in [3.05, 3.63) is 29.6 Å². The van der Waals surface area contributed by atoms with Crippen LogP contribution in [0.4, 0.5) is 4.39 Å². The zero-order valence-corrected chi connectivity index (χ0v) is 11.2. The standard InChI is InChI=1S/C13H19ClFNO/c1-9(2)12(7-14)16-8-10-4-5-13(17-3)11(15)6-10/h4-6,9,12,16H,7-8H2,1-3H3. The van der Waals surface area contributed by atoms with Gasteiger partial charge in [-0.15, -0.1) is 11.6 Å². The van der Waals surface area contributed by atoms with E-state index in [-0.39, 0.29) is 17.6 Å². The molecule has 17 heavy (non-hydrogen) atoms. The van der Waals surface area contributed by atoms with Crippen molar-refractivity contribution >= 4 is 11.6 Å². The van der Waals surface area contributed by atoms with E-state index in [1.165, 1.54) is 13.2 Å². The second kappa shape index (κ2) is 6.82. The van der Waals surface area contributed by atoms with E-state index in [4.69, 9.17) is 16.3 Å². The highest BCUT2D eigenvalue weighted by Crippen LogP contribution is 2.17. The van der Waals surface area contributed by atoms with Gasteiger partial charge in [0.15, 0.2) is 11.6 Å². The SMILES string of the molecule is COc1ccc(CNC(CCl)C(C)C)cc1F. The van der Waals surface area contributed by atoms with Crippen LogP contribution in [0.1, 0.15) is 19.4 Å². The monoisotopic (exact) mass is 259 g/mol. The van der Waals surface area contributed by atoms with Crippen LogP contribution >= 0.6 is 11.6 Å². The number of benzene rings is 1. The van der Waals surface area contributed by atoms with Crippen LogP contribution in [0.25, 0.3) is 0 Å². The summed E-state index contributed by atoms with van der Waals surface area (Å²) in [6.45, 7) is 4.82. The zero-order valence-electron chi connectivity index (χ0n) is 10.5. The Morgan fingerprint density at radius 2 is 2.12 bits per heavy atom. The van der Waals surface area contributed by atoms with Crippen LogP contribution in [0.2, 0.25) is 0 Å². The molecule has 1 aromatic rings. The quantitative estimate of drug-likeness (QED) is 0.793. The molecule has 1 atom stereocenters. The predicted octanol–water partition coefficient (Wildman–Crippen LogP) is 3.19. The minimum absolute atomic E-state index is 0.238. The molecule has 1 N–H and O–H groups in total. The van der Waals surface area contributed by atoms with Crippen LogP contribution in [0.3, 0.4) is 0 Å². The third kappa shape index (κ3) is 4.17. The normalized spacial score (nSPS) is 12.8. The number of hydrogen-bond donors (Lipinski definition) is 1. The molecule has 0 saturated carbocycles. The molecule has 0 aliphatic carbocycles. The minimum Gasteiger partial charge on any atom is -0.494 e. The molecule has 0 aliphatic heterocycles. The number of ether oxygens (including phenoxy) is 1. The van der Waals surface area contributed by atoms with E-state index in [0.29, 0.717) is 18.3 Å². The second-order valence-corrected chi connectivity index (χ2v) is 4.66. The topological polar surface area (TPSA) is 21.3 Å². The number of nitrogens with one attached hydrogen (secondary N) is 1. The van der Waals surface area contributed by atoms with E-state index in [0.717, 1.165) is 5.56 Å².